The van der Waals surface area contributed by atoms with Crippen LogP contribution in [0.25, 0.3) is 0 Å². The maximum atomic E-state index is 5.22. The Hall–Kier alpha value is -1.06. The van der Waals surface area contributed by atoms with Crippen LogP contribution in [-0.4, -0.2) is 16.7 Å². The fraction of sp³-hybridized carbons (Fsp3) is 0.846. The summed E-state index contributed by atoms with van der Waals surface area (Å²) in [5, 5.41) is 7.26. The lowest BCUT2D eigenvalue weighted by molar-refractivity contribution is 0.393. The molecule has 96 valence electrons. The minimum absolute atomic E-state index is 0.510. The van der Waals surface area contributed by atoms with Crippen LogP contribution in [0.5, 0.6) is 0 Å². The van der Waals surface area contributed by atoms with E-state index in [9.17, 15) is 0 Å². The van der Waals surface area contributed by atoms with Gasteiger partial charge in [0.05, 0.1) is 0 Å². The van der Waals surface area contributed by atoms with E-state index in [0.29, 0.717) is 11.9 Å². The standard InChI is InChI=1S/C13H23N3O/c1-2-10-14-13-15-12(16-17-13)11-8-6-4-3-5-7-9-11/h11H,2-10H2,1H3,(H,14,15,16). The predicted octanol–water partition coefficient (Wildman–Crippen LogP) is 3.72. The van der Waals surface area contributed by atoms with Gasteiger partial charge in [0.2, 0.25) is 0 Å². The van der Waals surface area contributed by atoms with Crippen molar-refractivity contribution in [2.75, 3.05) is 11.9 Å². The highest BCUT2D eigenvalue weighted by molar-refractivity contribution is 5.18. The van der Waals surface area contributed by atoms with Gasteiger partial charge in [-0.15, -0.1) is 0 Å². The summed E-state index contributed by atoms with van der Waals surface area (Å²) < 4.78 is 5.22. The molecule has 0 bridgehead atoms. The third-order valence-corrected chi connectivity index (χ3v) is 3.44. The lowest BCUT2D eigenvalue weighted by Gasteiger charge is -2.15. The van der Waals surface area contributed by atoms with Gasteiger partial charge in [-0.2, -0.15) is 4.98 Å². The molecular weight excluding hydrogens is 214 g/mol. The van der Waals surface area contributed by atoms with Crippen LogP contribution in [0.2, 0.25) is 0 Å². The molecule has 17 heavy (non-hydrogen) atoms. The summed E-state index contributed by atoms with van der Waals surface area (Å²) in [4.78, 5) is 4.45. The van der Waals surface area contributed by atoms with Crippen LogP contribution >= 0.6 is 0 Å². The van der Waals surface area contributed by atoms with Gasteiger partial charge < -0.3 is 9.84 Å². The molecule has 0 unspecified atom stereocenters. The summed E-state index contributed by atoms with van der Waals surface area (Å²) in [5.41, 5.74) is 0. The largest absolute Gasteiger partial charge is 0.338 e. The van der Waals surface area contributed by atoms with E-state index in [4.69, 9.17) is 4.52 Å². The van der Waals surface area contributed by atoms with Crippen LogP contribution in [-0.2, 0) is 0 Å². The first-order valence-corrected chi connectivity index (χ1v) is 6.97. The van der Waals surface area contributed by atoms with Crippen molar-refractivity contribution in [2.24, 2.45) is 0 Å². The molecule has 4 nitrogen and oxygen atoms in total. The summed E-state index contributed by atoms with van der Waals surface area (Å²) in [5.74, 6) is 1.42. The first-order valence-electron chi connectivity index (χ1n) is 6.97. The van der Waals surface area contributed by atoms with E-state index in [1.807, 2.05) is 0 Å². The molecule has 0 spiro atoms. The van der Waals surface area contributed by atoms with Crippen LogP contribution in [0.4, 0.5) is 6.01 Å². The molecule has 1 fully saturated rings. The smallest absolute Gasteiger partial charge is 0.321 e. The molecule has 1 aliphatic rings. The molecule has 4 heteroatoms. The Bertz CT molecular complexity index is 316. The quantitative estimate of drug-likeness (QED) is 0.867. The van der Waals surface area contributed by atoms with Crippen molar-refractivity contribution >= 4 is 6.01 Å². The average molecular weight is 237 g/mol. The first-order chi connectivity index (χ1) is 8.40. The molecule has 0 amide bonds. The second kappa shape index (κ2) is 6.62. The van der Waals surface area contributed by atoms with Gasteiger partial charge in [0.15, 0.2) is 5.82 Å². The molecule has 1 aliphatic carbocycles. The van der Waals surface area contributed by atoms with Crippen LogP contribution in [0, 0.1) is 0 Å². The fourth-order valence-corrected chi connectivity index (χ4v) is 2.42. The molecule has 1 N–H and O–H groups in total. The van der Waals surface area contributed by atoms with Crippen molar-refractivity contribution in [2.45, 2.75) is 64.2 Å². The highest BCUT2D eigenvalue weighted by Crippen LogP contribution is 2.29. The molecule has 1 heterocycles. The molecule has 0 aromatic carbocycles. The number of hydrogen-bond donors (Lipinski definition) is 1. The third kappa shape index (κ3) is 3.72. The number of aromatic nitrogens is 2. The Morgan fingerprint density at radius 2 is 1.88 bits per heavy atom. The van der Waals surface area contributed by atoms with Gasteiger partial charge in [0.25, 0.3) is 0 Å². The van der Waals surface area contributed by atoms with Gasteiger partial charge >= 0.3 is 6.01 Å². The zero-order chi connectivity index (χ0) is 11.9. The van der Waals surface area contributed by atoms with E-state index in [0.717, 1.165) is 18.8 Å². The molecule has 1 aromatic heterocycles. The number of hydrogen-bond acceptors (Lipinski definition) is 4. The van der Waals surface area contributed by atoms with Gasteiger partial charge in [-0.05, 0) is 19.3 Å². The molecule has 0 saturated heterocycles. The minimum atomic E-state index is 0.510. The Labute approximate surface area is 103 Å². The first kappa shape index (κ1) is 12.4. The second-order valence-electron chi connectivity index (χ2n) is 4.93. The number of nitrogens with one attached hydrogen (secondary N) is 1. The highest BCUT2D eigenvalue weighted by atomic mass is 16.5. The molecular formula is C13H23N3O. The maximum Gasteiger partial charge on any atom is 0.321 e. The number of nitrogens with zero attached hydrogens (tertiary/aromatic N) is 2. The third-order valence-electron chi connectivity index (χ3n) is 3.44. The normalized spacial score (nSPS) is 18.6. The second-order valence-corrected chi connectivity index (χ2v) is 4.93. The van der Waals surface area contributed by atoms with Crippen molar-refractivity contribution in [3.8, 4) is 0 Å². The number of anilines is 1. The van der Waals surface area contributed by atoms with E-state index in [2.05, 4.69) is 22.4 Å². The van der Waals surface area contributed by atoms with Crippen molar-refractivity contribution in [3.05, 3.63) is 5.82 Å². The van der Waals surface area contributed by atoms with Crippen molar-refractivity contribution in [1.82, 2.24) is 10.1 Å². The molecule has 0 radical (unpaired) electrons. The van der Waals surface area contributed by atoms with Gasteiger partial charge in [0, 0.05) is 12.5 Å². The van der Waals surface area contributed by atoms with E-state index in [1.54, 1.807) is 0 Å². The van der Waals surface area contributed by atoms with E-state index >= 15 is 0 Å². The Morgan fingerprint density at radius 1 is 1.18 bits per heavy atom. The van der Waals surface area contributed by atoms with E-state index in [-0.39, 0.29) is 0 Å². The summed E-state index contributed by atoms with van der Waals surface area (Å²) in [7, 11) is 0. The lowest BCUT2D eigenvalue weighted by Crippen LogP contribution is -2.05. The molecule has 1 aromatic rings. The Balaban J connectivity index is 1.92. The monoisotopic (exact) mass is 237 g/mol. The summed E-state index contributed by atoms with van der Waals surface area (Å²) in [6, 6.07) is 0.587. The van der Waals surface area contributed by atoms with Crippen LogP contribution < -0.4 is 5.32 Å². The van der Waals surface area contributed by atoms with Crippen molar-refractivity contribution in [3.63, 3.8) is 0 Å². The van der Waals surface area contributed by atoms with Crippen molar-refractivity contribution < 1.29 is 4.52 Å². The lowest BCUT2D eigenvalue weighted by atomic mass is 9.91. The van der Waals surface area contributed by atoms with E-state index < -0.39 is 0 Å². The Kier molecular flexibility index (Phi) is 4.83. The zero-order valence-corrected chi connectivity index (χ0v) is 10.7. The van der Waals surface area contributed by atoms with Gasteiger partial charge in [-0.3, -0.25) is 0 Å². The topological polar surface area (TPSA) is 51.0 Å². The molecule has 0 aliphatic heterocycles. The molecule has 0 atom stereocenters. The van der Waals surface area contributed by atoms with E-state index in [1.165, 1.54) is 44.9 Å². The maximum absolute atomic E-state index is 5.22. The predicted molar refractivity (Wildman–Crippen MR) is 68.1 cm³/mol. The Morgan fingerprint density at radius 3 is 2.59 bits per heavy atom. The van der Waals surface area contributed by atoms with Gasteiger partial charge in [0.1, 0.15) is 0 Å². The van der Waals surface area contributed by atoms with Gasteiger partial charge in [-0.25, -0.2) is 0 Å². The highest BCUT2D eigenvalue weighted by Gasteiger charge is 2.19. The number of rotatable bonds is 4. The van der Waals surface area contributed by atoms with Crippen LogP contribution in [0.3, 0.4) is 0 Å². The van der Waals surface area contributed by atoms with Crippen LogP contribution in [0.15, 0.2) is 4.52 Å². The SMILES string of the molecule is CCCNc1nc(C2CCCCCCC2)no1. The van der Waals surface area contributed by atoms with Crippen LogP contribution in [0.1, 0.15) is 70.0 Å². The minimum Gasteiger partial charge on any atom is -0.338 e. The fourth-order valence-electron chi connectivity index (χ4n) is 2.42. The summed E-state index contributed by atoms with van der Waals surface area (Å²) in [6.07, 6.45) is 10.2. The summed E-state index contributed by atoms with van der Waals surface area (Å²) in [6.45, 7) is 3.02. The zero-order valence-electron chi connectivity index (χ0n) is 10.7. The summed E-state index contributed by atoms with van der Waals surface area (Å²) >= 11 is 0. The average Bonchev–Trinajstić information content (AvgIpc) is 2.74. The van der Waals surface area contributed by atoms with Gasteiger partial charge in [-0.1, -0.05) is 44.2 Å². The molecule has 1 saturated carbocycles. The van der Waals surface area contributed by atoms with Crippen molar-refractivity contribution in [1.29, 1.82) is 0 Å². The molecule has 2 rings (SSSR count).